The first-order valence-electron chi connectivity index (χ1n) is 8.26. The number of fused-ring (bicyclic) bond motifs is 2. The largest absolute Gasteiger partial charge is 0.294 e. The van der Waals surface area contributed by atoms with Crippen molar-refractivity contribution in [2.75, 3.05) is 0 Å². The standard InChI is InChI=1S/C19H13NO2.C2H6/c21-18-11-15(19(22)14-7-3-2-6-13(14)18)17-10-9-12-5-1-4-8-16(12)20-17;1-2/h1-10,15H,11H2;1-2H3. The van der Waals surface area contributed by atoms with E-state index in [1.807, 2.05) is 50.2 Å². The smallest absolute Gasteiger partial charge is 0.173 e. The molecule has 0 saturated heterocycles. The normalized spacial score (nSPS) is 16.3. The van der Waals surface area contributed by atoms with Crippen molar-refractivity contribution in [1.29, 1.82) is 0 Å². The zero-order valence-electron chi connectivity index (χ0n) is 13.8. The van der Waals surface area contributed by atoms with E-state index in [4.69, 9.17) is 0 Å². The maximum absolute atomic E-state index is 12.7. The minimum absolute atomic E-state index is 0.00941. The average molecular weight is 317 g/mol. The summed E-state index contributed by atoms with van der Waals surface area (Å²) in [4.78, 5) is 29.6. The van der Waals surface area contributed by atoms with Gasteiger partial charge in [0, 0.05) is 22.9 Å². The Labute approximate surface area is 141 Å². The summed E-state index contributed by atoms with van der Waals surface area (Å²) < 4.78 is 0. The molecule has 24 heavy (non-hydrogen) atoms. The number of ketones is 2. The van der Waals surface area contributed by atoms with E-state index in [-0.39, 0.29) is 18.0 Å². The molecule has 0 spiro atoms. The highest BCUT2D eigenvalue weighted by Gasteiger charge is 2.34. The molecule has 0 amide bonds. The molecule has 0 N–H and O–H groups in total. The van der Waals surface area contributed by atoms with Crippen molar-refractivity contribution in [3.63, 3.8) is 0 Å². The number of nitrogens with zero attached hydrogens (tertiary/aromatic N) is 1. The van der Waals surface area contributed by atoms with Crippen LogP contribution in [0.15, 0.2) is 60.7 Å². The Morgan fingerprint density at radius 1 is 0.833 bits per heavy atom. The predicted octanol–water partition coefficient (Wildman–Crippen LogP) is 4.81. The van der Waals surface area contributed by atoms with Gasteiger partial charge in [-0.15, -0.1) is 0 Å². The van der Waals surface area contributed by atoms with Gasteiger partial charge in [0.15, 0.2) is 11.6 Å². The predicted molar refractivity (Wildman–Crippen MR) is 95.6 cm³/mol. The minimum atomic E-state index is -0.480. The van der Waals surface area contributed by atoms with Crippen molar-refractivity contribution in [2.24, 2.45) is 0 Å². The molecule has 120 valence electrons. The molecule has 1 unspecified atom stereocenters. The second-order valence-corrected chi connectivity index (χ2v) is 5.52. The highest BCUT2D eigenvalue weighted by molar-refractivity contribution is 6.16. The van der Waals surface area contributed by atoms with Gasteiger partial charge in [-0.3, -0.25) is 14.6 Å². The second-order valence-electron chi connectivity index (χ2n) is 5.52. The Hall–Kier alpha value is -2.81. The van der Waals surface area contributed by atoms with Gasteiger partial charge in [0.1, 0.15) is 0 Å². The fraction of sp³-hybridized carbons (Fsp3) is 0.190. The molecule has 1 aliphatic rings. The zero-order chi connectivity index (χ0) is 17.1. The van der Waals surface area contributed by atoms with Crippen molar-refractivity contribution in [2.45, 2.75) is 26.2 Å². The molecule has 0 bridgehead atoms. The van der Waals surface area contributed by atoms with Crippen LogP contribution in [-0.2, 0) is 0 Å². The van der Waals surface area contributed by atoms with Crippen LogP contribution in [-0.4, -0.2) is 16.6 Å². The van der Waals surface area contributed by atoms with Crippen molar-refractivity contribution >= 4 is 22.5 Å². The molecule has 3 heteroatoms. The summed E-state index contributed by atoms with van der Waals surface area (Å²) >= 11 is 0. The summed E-state index contributed by atoms with van der Waals surface area (Å²) in [5, 5.41) is 1.03. The Bertz CT molecular complexity index is 914. The minimum Gasteiger partial charge on any atom is -0.294 e. The molecule has 1 aliphatic carbocycles. The first-order chi connectivity index (χ1) is 11.7. The van der Waals surface area contributed by atoms with Crippen LogP contribution in [0.25, 0.3) is 10.9 Å². The third-order valence-electron chi connectivity index (χ3n) is 4.18. The van der Waals surface area contributed by atoms with Crippen LogP contribution in [0.1, 0.15) is 52.6 Å². The van der Waals surface area contributed by atoms with Gasteiger partial charge in [0.05, 0.1) is 17.1 Å². The van der Waals surface area contributed by atoms with Gasteiger partial charge in [0.25, 0.3) is 0 Å². The molecule has 0 saturated carbocycles. The summed E-state index contributed by atoms with van der Waals surface area (Å²) in [6.07, 6.45) is 0.196. The van der Waals surface area contributed by atoms with Gasteiger partial charge in [-0.1, -0.05) is 62.4 Å². The summed E-state index contributed by atoms with van der Waals surface area (Å²) in [5.41, 5.74) is 2.56. The first-order valence-corrected chi connectivity index (χ1v) is 8.26. The maximum atomic E-state index is 12.7. The number of hydrogen-bond donors (Lipinski definition) is 0. The van der Waals surface area contributed by atoms with Crippen LogP contribution in [0.4, 0.5) is 0 Å². The Morgan fingerprint density at radius 3 is 2.29 bits per heavy atom. The van der Waals surface area contributed by atoms with Crippen LogP contribution in [0, 0.1) is 0 Å². The summed E-state index contributed by atoms with van der Waals surface area (Å²) in [5.74, 6) is -0.486. The lowest BCUT2D eigenvalue weighted by atomic mass is 9.80. The number of para-hydroxylation sites is 1. The molecule has 0 aliphatic heterocycles. The number of carbonyl (C=O) groups excluding carboxylic acids is 2. The molecule has 1 atom stereocenters. The van der Waals surface area contributed by atoms with Crippen molar-refractivity contribution in [1.82, 2.24) is 4.98 Å². The van der Waals surface area contributed by atoms with Crippen LogP contribution in [0.2, 0.25) is 0 Å². The van der Waals surface area contributed by atoms with Crippen LogP contribution >= 0.6 is 0 Å². The maximum Gasteiger partial charge on any atom is 0.173 e. The van der Waals surface area contributed by atoms with E-state index < -0.39 is 5.92 Å². The van der Waals surface area contributed by atoms with Gasteiger partial charge >= 0.3 is 0 Å². The van der Waals surface area contributed by atoms with Crippen LogP contribution in [0.5, 0.6) is 0 Å². The summed E-state index contributed by atoms with van der Waals surface area (Å²) in [7, 11) is 0. The third-order valence-corrected chi connectivity index (χ3v) is 4.18. The molecular weight excluding hydrogens is 298 g/mol. The van der Waals surface area contributed by atoms with E-state index in [2.05, 4.69) is 4.98 Å². The number of benzene rings is 2. The number of Topliss-reactive ketones (excluding diaryl/α,β-unsaturated/α-hetero) is 2. The molecule has 1 heterocycles. The highest BCUT2D eigenvalue weighted by atomic mass is 16.1. The Morgan fingerprint density at radius 2 is 1.50 bits per heavy atom. The van der Waals surface area contributed by atoms with E-state index in [0.717, 1.165) is 10.9 Å². The number of rotatable bonds is 1. The quantitative estimate of drug-likeness (QED) is 0.647. The summed E-state index contributed by atoms with van der Waals surface area (Å²) in [6, 6.07) is 18.6. The fourth-order valence-electron chi connectivity index (χ4n) is 3.03. The molecule has 2 aromatic carbocycles. The van der Waals surface area contributed by atoms with E-state index in [9.17, 15) is 9.59 Å². The monoisotopic (exact) mass is 317 g/mol. The third kappa shape index (κ3) is 2.73. The molecule has 0 radical (unpaired) electrons. The molecule has 1 aromatic heterocycles. The topological polar surface area (TPSA) is 47.0 Å². The molecular formula is C21H19NO2. The molecule has 3 nitrogen and oxygen atoms in total. The number of pyridine rings is 1. The lowest BCUT2D eigenvalue weighted by molar-refractivity contribution is 0.0864. The average Bonchev–Trinajstić information content (AvgIpc) is 2.66. The van der Waals surface area contributed by atoms with E-state index in [1.54, 1.807) is 24.3 Å². The van der Waals surface area contributed by atoms with Gasteiger partial charge in [-0.25, -0.2) is 0 Å². The lowest BCUT2D eigenvalue weighted by Crippen LogP contribution is -2.26. The number of carbonyl (C=O) groups is 2. The number of hydrogen-bond acceptors (Lipinski definition) is 3. The number of aromatic nitrogens is 1. The van der Waals surface area contributed by atoms with E-state index in [0.29, 0.717) is 16.8 Å². The van der Waals surface area contributed by atoms with Gasteiger partial charge in [-0.2, -0.15) is 0 Å². The molecule has 3 aromatic rings. The van der Waals surface area contributed by atoms with Crippen molar-refractivity contribution in [3.8, 4) is 0 Å². The zero-order valence-corrected chi connectivity index (χ0v) is 13.8. The van der Waals surface area contributed by atoms with E-state index >= 15 is 0 Å². The van der Waals surface area contributed by atoms with Gasteiger partial charge in [0.2, 0.25) is 0 Å². The van der Waals surface area contributed by atoms with Crippen LogP contribution in [0.3, 0.4) is 0 Å². The SMILES string of the molecule is CC.O=C1CC(c2ccc3ccccc3n2)C(=O)c2ccccc21. The van der Waals surface area contributed by atoms with Gasteiger partial charge in [-0.05, 0) is 12.1 Å². The van der Waals surface area contributed by atoms with Crippen molar-refractivity contribution in [3.05, 3.63) is 77.5 Å². The highest BCUT2D eigenvalue weighted by Crippen LogP contribution is 2.32. The Balaban J connectivity index is 0.000000815. The first kappa shape index (κ1) is 16.1. The fourth-order valence-corrected chi connectivity index (χ4v) is 3.03. The lowest BCUT2D eigenvalue weighted by Gasteiger charge is -2.22. The molecule has 0 fully saturated rings. The van der Waals surface area contributed by atoms with E-state index in [1.165, 1.54) is 0 Å². The van der Waals surface area contributed by atoms with Crippen LogP contribution < -0.4 is 0 Å². The van der Waals surface area contributed by atoms with Gasteiger partial charge < -0.3 is 0 Å². The molecule has 4 rings (SSSR count). The van der Waals surface area contributed by atoms with Crippen molar-refractivity contribution < 1.29 is 9.59 Å². The second kappa shape index (κ2) is 6.75. The summed E-state index contributed by atoms with van der Waals surface area (Å²) in [6.45, 7) is 4.00. The Kier molecular flexibility index (Phi) is 4.52.